The second-order valence-corrected chi connectivity index (χ2v) is 8.76. The van der Waals surface area contributed by atoms with Crippen molar-refractivity contribution in [2.24, 2.45) is 0 Å². The van der Waals surface area contributed by atoms with Crippen molar-refractivity contribution in [1.29, 1.82) is 0 Å². The molecule has 0 fully saturated rings. The summed E-state index contributed by atoms with van der Waals surface area (Å²) in [5, 5.41) is 1.93. The van der Waals surface area contributed by atoms with Gasteiger partial charge in [0.25, 0.3) is 5.56 Å². The van der Waals surface area contributed by atoms with Gasteiger partial charge in [0.1, 0.15) is 11.3 Å². The lowest BCUT2D eigenvalue weighted by molar-refractivity contribution is 0.414. The molecule has 0 spiro atoms. The lowest BCUT2D eigenvalue weighted by Gasteiger charge is -2.14. The van der Waals surface area contributed by atoms with Gasteiger partial charge in [-0.1, -0.05) is 43.0 Å². The first-order valence-electron chi connectivity index (χ1n) is 10.9. The first kappa shape index (κ1) is 22.0. The fourth-order valence-electron chi connectivity index (χ4n) is 3.92. The van der Waals surface area contributed by atoms with Gasteiger partial charge in [-0.15, -0.1) is 0 Å². The fraction of sp³-hybridized carbons (Fsp3) is 0.148. The van der Waals surface area contributed by atoms with Gasteiger partial charge in [-0.05, 0) is 53.9 Å². The number of methoxy groups -OCH3 is 1. The number of hydrogen-bond acceptors (Lipinski definition) is 6. The van der Waals surface area contributed by atoms with Gasteiger partial charge in [-0.3, -0.25) is 9.36 Å². The van der Waals surface area contributed by atoms with Crippen LogP contribution in [0.15, 0.2) is 92.0 Å². The van der Waals surface area contributed by atoms with Crippen molar-refractivity contribution in [2.75, 3.05) is 7.11 Å². The second kappa shape index (κ2) is 9.19. The summed E-state index contributed by atoms with van der Waals surface area (Å²) in [7, 11) is 1.57. The number of benzene rings is 3. The molecular weight excluding hydrogens is 448 g/mol. The van der Waals surface area contributed by atoms with Gasteiger partial charge in [-0.2, -0.15) is 0 Å². The molecule has 0 atom stereocenters. The third kappa shape index (κ3) is 4.10. The predicted molar refractivity (Wildman–Crippen MR) is 135 cm³/mol. The molecule has 7 heteroatoms. The van der Waals surface area contributed by atoms with Crippen molar-refractivity contribution in [3.05, 3.63) is 105 Å². The van der Waals surface area contributed by atoms with E-state index < -0.39 is 5.63 Å². The summed E-state index contributed by atoms with van der Waals surface area (Å²) in [6.07, 6.45) is 0.918. The molecule has 0 aliphatic heterocycles. The van der Waals surface area contributed by atoms with Gasteiger partial charge in [0, 0.05) is 23.3 Å². The quantitative estimate of drug-likeness (QED) is 0.189. The van der Waals surface area contributed by atoms with Crippen LogP contribution in [0.4, 0.5) is 0 Å². The lowest BCUT2D eigenvalue weighted by atomic mass is 10.1. The molecule has 0 unspecified atom stereocenters. The number of aryl methyl sites for hydroxylation is 1. The Morgan fingerprint density at radius 1 is 0.971 bits per heavy atom. The van der Waals surface area contributed by atoms with E-state index in [1.165, 1.54) is 23.4 Å². The Hall–Kier alpha value is -3.84. The maximum atomic E-state index is 13.5. The predicted octanol–water partition coefficient (Wildman–Crippen LogP) is 5.36. The monoisotopic (exact) mass is 470 g/mol. The minimum absolute atomic E-state index is 0.125. The highest BCUT2D eigenvalue weighted by Crippen LogP contribution is 2.29. The summed E-state index contributed by atoms with van der Waals surface area (Å²) in [5.41, 5.74) is 3.28. The number of nitrogens with zero attached hydrogens (tertiary/aromatic N) is 2. The van der Waals surface area contributed by atoms with Crippen LogP contribution in [0.2, 0.25) is 0 Å². The van der Waals surface area contributed by atoms with Crippen molar-refractivity contribution in [1.82, 2.24) is 9.55 Å². The van der Waals surface area contributed by atoms with E-state index in [1.807, 2.05) is 54.6 Å². The molecule has 170 valence electrons. The number of fused-ring (bicyclic) bond motifs is 2. The molecular formula is C27H22N2O4S. The molecule has 34 heavy (non-hydrogen) atoms. The Morgan fingerprint density at radius 3 is 2.53 bits per heavy atom. The van der Waals surface area contributed by atoms with E-state index in [9.17, 15) is 9.59 Å². The van der Waals surface area contributed by atoms with Crippen LogP contribution in [0.1, 0.15) is 18.1 Å². The van der Waals surface area contributed by atoms with Crippen molar-refractivity contribution in [3.8, 4) is 11.4 Å². The van der Waals surface area contributed by atoms with E-state index in [0.29, 0.717) is 33.1 Å². The van der Waals surface area contributed by atoms with Gasteiger partial charge in [0.05, 0.1) is 23.7 Å². The first-order valence-corrected chi connectivity index (χ1v) is 11.9. The minimum Gasteiger partial charge on any atom is -0.497 e. The van der Waals surface area contributed by atoms with Crippen LogP contribution in [0.25, 0.3) is 27.6 Å². The van der Waals surface area contributed by atoms with Gasteiger partial charge in [-0.25, -0.2) is 9.78 Å². The molecule has 5 aromatic rings. The zero-order valence-corrected chi connectivity index (χ0v) is 19.6. The molecule has 0 radical (unpaired) electrons. The van der Waals surface area contributed by atoms with Gasteiger partial charge in [0.15, 0.2) is 5.16 Å². The molecule has 2 aromatic heterocycles. The highest BCUT2D eigenvalue weighted by atomic mass is 32.2. The molecule has 0 N–H and O–H groups in total. The molecule has 3 aromatic carbocycles. The lowest BCUT2D eigenvalue weighted by Crippen LogP contribution is -2.21. The summed E-state index contributed by atoms with van der Waals surface area (Å²) in [6.45, 7) is 2.09. The van der Waals surface area contributed by atoms with Crippen LogP contribution >= 0.6 is 11.8 Å². The van der Waals surface area contributed by atoms with E-state index in [1.54, 1.807) is 23.8 Å². The molecule has 0 bridgehead atoms. The van der Waals surface area contributed by atoms with E-state index in [4.69, 9.17) is 14.1 Å². The molecule has 6 nitrogen and oxygen atoms in total. The standard InChI is InChI=1S/C27H22N2O4S/c1-3-17-8-10-19(11-9-17)29-26(31)22-6-4-5-7-23(22)28-27(29)34-16-18-14-25(30)33-24-15-20(32-2)12-13-21(18)24/h4-15H,3,16H2,1-2H3. The van der Waals surface area contributed by atoms with Crippen molar-refractivity contribution < 1.29 is 9.15 Å². The Kier molecular flexibility index (Phi) is 5.94. The van der Waals surface area contributed by atoms with Crippen molar-refractivity contribution in [2.45, 2.75) is 24.3 Å². The van der Waals surface area contributed by atoms with E-state index in [0.717, 1.165) is 23.1 Å². The van der Waals surface area contributed by atoms with Crippen LogP contribution in [0.5, 0.6) is 5.75 Å². The van der Waals surface area contributed by atoms with Crippen LogP contribution < -0.4 is 15.9 Å². The SMILES string of the molecule is CCc1ccc(-n2c(SCc3cc(=O)oc4cc(OC)ccc34)nc3ccccc3c2=O)cc1. The Morgan fingerprint density at radius 2 is 1.76 bits per heavy atom. The third-order valence-corrected chi connectivity index (χ3v) is 6.73. The van der Waals surface area contributed by atoms with Crippen molar-refractivity contribution >= 4 is 33.6 Å². The highest BCUT2D eigenvalue weighted by molar-refractivity contribution is 7.98. The maximum absolute atomic E-state index is 13.5. The van der Waals surface area contributed by atoms with Gasteiger partial charge < -0.3 is 9.15 Å². The largest absolute Gasteiger partial charge is 0.497 e. The molecule has 0 saturated carbocycles. The summed E-state index contributed by atoms with van der Waals surface area (Å²) >= 11 is 1.41. The number of thioether (sulfide) groups is 1. The minimum atomic E-state index is -0.435. The summed E-state index contributed by atoms with van der Waals surface area (Å²) in [4.78, 5) is 30.5. The van der Waals surface area contributed by atoms with Crippen LogP contribution in [0, 0.1) is 0 Å². The topological polar surface area (TPSA) is 74.3 Å². The first-order chi connectivity index (χ1) is 16.6. The van der Waals surface area contributed by atoms with Gasteiger partial charge in [0.2, 0.25) is 0 Å². The number of aromatic nitrogens is 2. The van der Waals surface area contributed by atoms with Crippen molar-refractivity contribution in [3.63, 3.8) is 0 Å². The molecule has 0 amide bonds. The average molecular weight is 471 g/mol. The molecule has 0 aliphatic carbocycles. The number of ether oxygens (including phenoxy) is 1. The van der Waals surface area contributed by atoms with E-state index >= 15 is 0 Å². The van der Waals surface area contributed by atoms with Gasteiger partial charge >= 0.3 is 5.63 Å². The summed E-state index contributed by atoms with van der Waals surface area (Å²) < 4.78 is 12.3. The molecule has 5 rings (SSSR count). The van der Waals surface area contributed by atoms with E-state index in [-0.39, 0.29) is 5.56 Å². The smallest absolute Gasteiger partial charge is 0.336 e. The maximum Gasteiger partial charge on any atom is 0.336 e. The highest BCUT2D eigenvalue weighted by Gasteiger charge is 2.15. The normalized spacial score (nSPS) is 11.2. The third-order valence-electron chi connectivity index (χ3n) is 5.74. The Labute approximate surface area is 199 Å². The van der Waals surface area contributed by atoms with E-state index in [2.05, 4.69) is 6.92 Å². The Balaban J connectivity index is 1.61. The molecule has 2 heterocycles. The fourth-order valence-corrected chi connectivity index (χ4v) is 4.92. The van der Waals surface area contributed by atoms with Crippen LogP contribution in [-0.2, 0) is 12.2 Å². The summed E-state index contributed by atoms with van der Waals surface area (Å²) in [5.74, 6) is 1.05. The summed E-state index contributed by atoms with van der Waals surface area (Å²) in [6, 6.07) is 22.2. The average Bonchev–Trinajstić information content (AvgIpc) is 2.87. The van der Waals surface area contributed by atoms with Crippen LogP contribution in [-0.4, -0.2) is 16.7 Å². The number of hydrogen-bond donors (Lipinski definition) is 0. The second-order valence-electron chi connectivity index (χ2n) is 7.81. The number of rotatable bonds is 6. The molecule has 0 aliphatic rings. The zero-order valence-electron chi connectivity index (χ0n) is 18.8. The number of para-hydroxylation sites is 1. The zero-order chi connectivity index (χ0) is 23.7. The van der Waals surface area contributed by atoms with Crippen LogP contribution in [0.3, 0.4) is 0 Å². The Bertz CT molecular complexity index is 1620. The molecule has 0 saturated heterocycles.